The van der Waals surface area contributed by atoms with Crippen LogP contribution >= 0.6 is 0 Å². The molecular weight excluding hydrogens is 405 g/mol. The fraction of sp³-hybridized carbons (Fsp3) is 0.789. The molecule has 0 amide bonds. The Bertz CT molecular complexity index is 872. The van der Waals surface area contributed by atoms with Crippen molar-refractivity contribution in [1.29, 1.82) is 0 Å². The number of halogens is 3. The Balaban J connectivity index is 1.53. The molecule has 5 heterocycles. The number of hydrogen-bond acceptors (Lipinski definition) is 7. The predicted octanol–water partition coefficient (Wildman–Crippen LogP) is 1.11. The number of rotatable bonds is 3. The monoisotopic (exact) mass is 430 g/mol. The molecule has 0 spiro atoms. The summed E-state index contributed by atoms with van der Waals surface area (Å²) in [7, 11) is 0. The quantitative estimate of drug-likeness (QED) is 0.770. The van der Waals surface area contributed by atoms with Gasteiger partial charge in [0.15, 0.2) is 5.72 Å². The van der Waals surface area contributed by atoms with Gasteiger partial charge in [0.2, 0.25) is 5.95 Å². The molecule has 0 aromatic carbocycles. The van der Waals surface area contributed by atoms with Gasteiger partial charge in [0.05, 0.1) is 12.7 Å². The van der Waals surface area contributed by atoms with E-state index in [1.54, 1.807) is 4.90 Å². The molecule has 4 aliphatic heterocycles. The van der Waals surface area contributed by atoms with Gasteiger partial charge >= 0.3 is 6.18 Å². The Labute approximate surface area is 171 Å². The summed E-state index contributed by atoms with van der Waals surface area (Å²) < 4.78 is 53.7. The summed E-state index contributed by atoms with van der Waals surface area (Å²) in [6.07, 6.45) is -3.04. The van der Waals surface area contributed by atoms with Crippen LogP contribution in [0.1, 0.15) is 25.7 Å². The minimum atomic E-state index is -4.43. The standard InChI is InChI=1S/C19H25F3N4O4/c20-19(21,22)14-1-4-24-16(27)7-15(26-10-13-8-18(26,28)11-30-13)23-17(24)25(14)9-12-2-5-29-6-3-12/h7,12-14,28H,1-6,8-11H2. The van der Waals surface area contributed by atoms with E-state index in [4.69, 9.17) is 9.47 Å². The first-order valence-corrected chi connectivity index (χ1v) is 10.4. The van der Waals surface area contributed by atoms with Gasteiger partial charge < -0.3 is 24.4 Å². The summed E-state index contributed by atoms with van der Waals surface area (Å²) >= 11 is 0. The summed E-state index contributed by atoms with van der Waals surface area (Å²) in [5, 5.41) is 10.8. The zero-order valence-electron chi connectivity index (χ0n) is 16.5. The molecule has 8 nitrogen and oxygen atoms in total. The van der Waals surface area contributed by atoms with Crippen molar-refractivity contribution in [3.63, 3.8) is 0 Å². The third-order valence-electron chi connectivity index (χ3n) is 6.68. The maximum atomic E-state index is 13.9. The molecule has 0 radical (unpaired) electrons. The molecule has 166 valence electrons. The van der Waals surface area contributed by atoms with Gasteiger partial charge in [0.25, 0.3) is 5.56 Å². The highest BCUT2D eigenvalue weighted by atomic mass is 19.4. The minimum Gasteiger partial charge on any atom is -0.381 e. The zero-order chi connectivity index (χ0) is 21.1. The largest absolute Gasteiger partial charge is 0.408 e. The Hall–Kier alpha value is -1.85. The summed E-state index contributed by atoms with van der Waals surface area (Å²) in [6, 6.07) is -0.383. The van der Waals surface area contributed by atoms with Gasteiger partial charge in [-0.3, -0.25) is 9.36 Å². The molecule has 3 saturated heterocycles. The predicted molar refractivity (Wildman–Crippen MR) is 100 cm³/mol. The average molecular weight is 430 g/mol. The number of ether oxygens (including phenoxy) is 2. The fourth-order valence-electron chi connectivity index (χ4n) is 5.07. The molecule has 11 heteroatoms. The lowest BCUT2D eigenvalue weighted by molar-refractivity contribution is -0.153. The zero-order valence-corrected chi connectivity index (χ0v) is 16.5. The summed E-state index contributed by atoms with van der Waals surface area (Å²) in [5.41, 5.74) is -1.67. The van der Waals surface area contributed by atoms with Gasteiger partial charge in [0.1, 0.15) is 11.9 Å². The van der Waals surface area contributed by atoms with E-state index in [2.05, 4.69) is 4.98 Å². The van der Waals surface area contributed by atoms with Crippen molar-refractivity contribution in [3.8, 4) is 0 Å². The van der Waals surface area contributed by atoms with E-state index >= 15 is 0 Å². The number of anilines is 2. The third kappa shape index (κ3) is 3.36. The van der Waals surface area contributed by atoms with Gasteiger partial charge in [-0.05, 0) is 25.2 Å². The molecule has 1 N–H and O–H groups in total. The van der Waals surface area contributed by atoms with Crippen LogP contribution < -0.4 is 15.4 Å². The summed E-state index contributed by atoms with van der Waals surface area (Å²) in [6.45, 7) is 1.63. The van der Waals surface area contributed by atoms with Crippen LogP contribution in [0.5, 0.6) is 0 Å². The van der Waals surface area contributed by atoms with Crippen molar-refractivity contribution >= 4 is 11.8 Å². The fourth-order valence-corrected chi connectivity index (χ4v) is 5.07. The van der Waals surface area contributed by atoms with Crippen molar-refractivity contribution in [1.82, 2.24) is 9.55 Å². The SMILES string of the molecule is O=c1cc(N2CC3CC2(O)CO3)nc2n1CCC(C(F)(F)F)N2CC1CCOCC1. The van der Waals surface area contributed by atoms with Gasteiger partial charge in [-0.15, -0.1) is 0 Å². The molecule has 5 rings (SSSR count). The second-order valence-corrected chi connectivity index (χ2v) is 8.69. The molecule has 2 bridgehead atoms. The van der Waals surface area contributed by atoms with Crippen molar-refractivity contribution < 1.29 is 27.8 Å². The molecule has 1 aromatic heterocycles. The maximum Gasteiger partial charge on any atom is 0.408 e. The molecule has 30 heavy (non-hydrogen) atoms. The summed E-state index contributed by atoms with van der Waals surface area (Å²) in [4.78, 5) is 20.1. The Kier molecular flexibility index (Phi) is 4.75. The lowest BCUT2D eigenvalue weighted by Crippen LogP contribution is -2.55. The number of hydrogen-bond donors (Lipinski definition) is 1. The molecule has 3 atom stereocenters. The molecule has 0 saturated carbocycles. The second kappa shape index (κ2) is 7.10. The second-order valence-electron chi connectivity index (χ2n) is 8.69. The molecule has 4 aliphatic rings. The lowest BCUT2D eigenvalue weighted by Gasteiger charge is -2.42. The third-order valence-corrected chi connectivity index (χ3v) is 6.68. The topological polar surface area (TPSA) is 80.1 Å². The highest BCUT2D eigenvalue weighted by Gasteiger charge is 2.52. The van der Waals surface area contributed by atoms with Crippen molar-refractivity contribution in [2.24, 2.45) is 5.92 Å². The Morgan fingerprint density at radius 3 is 2.67 bits per heavy atom. The number of alkyl halides is 3. The molecule has 3 unspecified atom stereocenters. The Morgan fingerprint density at radius 1 is 1.27 bits per heavy atom. The van der Waals surface area contributed by atoms with Crippen molar-refractivity contribution in [2.75, 3.05) is 42.7 Å². The number of aromatic nitrogens is 2. The van der Waals surface area contributed by atoms with Crippen molar-refractivity contribution in [2.45, 2.75) is 56.3 Å². The molecule has 3 fully saturated rings. The first-order chi connectivity index (χ1) is 14.2. The number of fused-ring (bicyclic) bond motifs is 3. The average Bonchev–Trinajstić information content (AvgIpc) is 3.24. The van der Waals surface area contributed by atoms with E-state index in [1.165, 1.54) is 15.5 Å². The van der Waals surface area contributed by atoms with E-state index in [-0.39, 0.29) is 49.9 Å². The highest BCUT2D eigenvalue weighted by Crippen LogP contribution is 2.40. The van der Waals surface area contributed by atoms with E-state index in [0.717, 1.165) is 0 Å². The van der Waals surface area contributed by atoms with E-state index in [0.29, 0.717) is 39.0 Å². The van der Waals surface area contributed by atoms with Crippen LogP contribution in [0.15, 0.2) is 10.9 Å². The molecule has 0 aliphatic carbocycles. The van der Waals surface area contributed by atoms with Crippen LogP contribution in [0.25, 0.3) is 0 Å². The Morgan fingerprint density at radius 2 is 2.03 bits per heavy atom. The first-order valence-electron chi connectivity index (χ1n) is 10.4. The van der Waals surface area contributed by atoms with Gasteiger partial charge in [-0.2, -0.15) is 18.2 Å². The molecule has 1 aromatic rings. The van der Waals surface area contributed by atoms with Gasteiger partial charge in [-0.1, -0.05) is 0 Å². The van der Waals surface area contributed by atoms with Crippen LogP contribution in [0, 0.1) is 5.92 Å². The normalized spacial score (nSPS) is 32.0. The van der Waals surface area contributed by atoms with E-state index in [1.807, 2.05) is 0 Å². The smallest absolute Gasteiger partial charge is 0.381 e. The van der Waals surface area contributed by atoms with Crippen LogP contribution in [-0.2, 0) is 16.0 Å². The van der Waals surface area contributed by atoms with Crippen molar-refractivity contribution in [3.05, 3.63) is 16.4 Å². The van der Waals surface area contributed by atoms with Crippen LogP contribution in [-0.4, -0.2) is 71.6 Å². The van der Waals surface area contributed by atoms with Gasteiger partial charge in [-0.25, -0.2) is 0 Å². The number of nitrogens with zero attached hydrogens (tertiary/aromatic N) is 4. The van der Waals surface area contributed by atoms with E-state index < -0.39 is 23.5 Å². The number of morpholine rings is 1. The highest BCUT2D eigenvalue weighted by molar-refractivity contribution is 5.50. The van der Waals surface area contributed by atoms with Crippen LogP contribution in [0.3, 0.4) is 0 Å². The lowest BCUT2D eigenvalue weighted by atomic mass is 9.98. The summed E-state index contributed by atoms with van der Waals surface area (Å²) in [5.74, 6) is 0.278. The first kappa shape index (κ1) is 20.1. The van der Waals surface area contributed by atoms with Gasteiger partial charge in [0, 0.05) is 45.3 Å². The molecular formula is C19H25F3N4O4. The maximum absolute atomic E-state index is 13.9. The van der Waals surface area contributed by atoms with E-state index in [9.17, 15) is 23.1 Å². The number of aliphatic hydroxyl groups is 1. The minimum absolute atomic E-state index is 0.0323. The van der Waals surface area contributed by atoms with Crippen LogP contribution in [0.4, 0.5) is 24.9 Å². The van der Waals surface area contributed by atoms with Crippen LogP contribution in [0.2, 0.25) is 0 Å².